The van der Waals surface area contributed by atoms with Crippen molar-refractivity contribution in [3.05, 3.63) is 56.4 Å². The van der Waals surface area contributed by atoms with Gasteiger partial charge in [-0.1, -0.05) is 23.5 Å². The van der Waals surface area contributed by atoms with Crippen molar-refractivity contribution in [2.45, 2.75) is 26.3 Å². The number of benzene rings is 1. The second-order valence-corrected chi connectivity index (χ2v) is 6.60. The molecule has 0 fully saturated rings. The third kappa shape index (κ3) is 5.53. The van der Waals surface area contributed by atoms with E-state index >= 15 is 0 Å². The fourth-order valence-corrected chi connectivity index (χ4v) is 3.15. The molecular weight excluding hydrogens is 345 g/mol. The van der Waals surface area contributed by atoms with Crippen LogP contribution in [0.15, 0.2) is 34.4 Å². The van der Waals surface area contributed by atoms with Crippen LogP contribution in [0.2, 0.25) is 0 Å². The normalized spacial score (nSPS) is 11.9. The Balaban J connectivity index is 1.85. The maximum absolute atomic E-state index is 12.9. The quantitative estimate of drug-likeness (QED) is 0.736. The number of aryl methyl sites for hydroxylation is 1. The minimum Gasteiger partial charge on any atom is -0.369 e. The fraction of sp³-hybridized carbons (Fsp3) is 0.353. The number of hydrogen-bond acceptors (Lipinski definition) is 4. The van der Waals surface area contributed by atoms with E-state index in [0.717, 1.165) is 22.6 Å². The Labute approximate surface area is 148 Å². The van der Waals surface area contributed by atoms with Crippen molar-refractivity contribution >= 4 is 23.2 Å². The van der Waals surface area contributed by atoms with Crippen LogP contribution in [-0.2, 0) is 22.6 Å². The number of halogens is 1. The number of rotatable bonds is 8. The number of nitrogens with zero attached hydrogens (tertiary/aromatic N) is 1. The topological polar surface area (TPSA) is 94.2 Å². The largest absolute Gasteiger partial charge is 0.369 e. The molecule has 0 aliphatic heterocycles. The van der Waals surface area contributed by atoms with Crippen LogP contribution in [-0.4, -0.2) is 22.9 Å². The number of amides is 2. The zero-order valence-corrected chi connectivity index (χ0v) is 14.6. The van der Waals surface area contributed by atoms with E-state index in [4.69, 9.17) is 5.73 Å². The zero-order chi connectivity index (χ0) is 18.4. The highest BCUT2D eigenvalue weighted by atomic mass is 32.1. The number of primary amides is 1. The second kappa shape index (κ2) is 8.57. The van der Waals surface area contributed by atoms with Gasteiger partial charge in [-0.3, -0.25) is 14.4 Å². The number of carbonyl (C=O) groups is 2. The van der Waals surface area contributed by atoms with Gasteiger partial charge in [0, 0.05) is 30.6 Å². The lowest BCUT2D eigenvalue weighted by atomic mass is 9.98. The average molecular weight is 365 g/mol. The molecular formula is C17H20FN3O3S. The minimum absolute atomic E-state index is 0.100. The highest BCUT2D eigenvalue weighted by molar-refractivity contribution is 7.07. The summed E-state index contributed by atoms with van der Waals surface area (Å²) in [6.07, 6.45) is 0.457. The molecule has 0 spiro atoms. The van der Waals surface area contributed by atoms with Gasteiger partial charge in [0.05, 0.1) is 5.92 Å². The average Bonchev–Trinajstić information content (AvgIpc) is 2.89. The van der Waals surface area contributed by atoms with E-state index in [9.17, 15) is 18.8 Å². The monoisotopic (exact) mass is 365 g/mol. The molecule has 0 bridgehead atoms. The van der Waals surface area contributed by atoms with Crippen LogP contribution in [0.25, 0.3) is 0 Å². The number of aromatic nitrogens is 1. The molecule has 2 rings (SSSR count). The SMILES string of the molecule is Cc1csc(=O)n1CCC(=O)NCC(Cc1ccc(F)cc1)C(N)=O. The first kappa shape index (κ1) is 18.9. The fourth-order valence-electron chi connectivity index (χ4n) is 2.39. The molecule has 1 unspecified atom stereocenters. The smallest absolute Gasteiger partial charge is 0.307 e. The summed E-state index contributed by atoms with van der Waals surface area (Å²) in [5, 5.41) is 4.41. The summed E-state index contributed by atoms with van der Waals surface area (Å²) >= 11 is 1.09. The Morgan fingerprint density at radius 1 is 1.32 bits per heavy atom. The van der Waals surface area contributed by atoms with Gasteiger partial charge in [-0.2, -0.15) is 0 Å². The van der Waals surface area contributed by atoms with Crippen molar-refractivity contribution in [3.63, 3.8) is 0 Å². The third-order valence-corrected chi connectivity index (χ3v) is 4.76. The molecule has 1 aromatic carbocycles. The lowest BCUT2D eigenvalue weighted by molar-refractivity contribution is -0.123. The summed E-state index contributed by atoms with van der Waals surface area (Å²) in [5.74, 6) is -1.73. The predicted octanol–water partition coefficient (Wildman–Crippen LogP) is 1.21. The van der Waals surface area contributed by atoms with Crippen LogP contribution < -0.4 is 15.9 Å². The molecule has 25 heavy (non-hydrogen) atoms. The first-order valence-corrected chi connectivity index (χ1v) is 8.70. The predicted molar refractivity (Wildman–Crippen MR) is 93.7 cm³/mol. The maximum Gasteiger partial charge on any atom is 0.307 e. The van der Waals surface area contributed by atoms with Crippen LogP contribution in [0, 0.1) is 18.7 Å². The van der Waals surface area contributed by atoms with Crippen LogP contribution in [0.5, 0.6) is 0 Å². The van der Waals surface area contributed by atoms with Gasteiger partial charge < -0.3 is 15.6 Å². The molecule has 0 aliphatic rings. The van der Waals surface area contributed by atoms with Crippen LogP contribution in [0.1, 0.15) is 17.7 Å². The molecule has 2 aromatic rings. The van der Waals surface area contributed by atoms with Crippen molar-refractivity contribution in [2.24, 2.45) is 11.7 Å². The molecule has 1 atom stereocenters. The Morgan fingerprint density at radius 3 is 2.56 bits per heavy atom. The van der Waals surface area contributed by atoms with E-state index in [2.05, 4.69) is 5.32 Å². The first-order chi connectivity index (χ1) is 11.9. The molecule has 0 saturated heterocycles. The molecule has 6 nitrogen and oxygen atoms in total. The lowest BCUT2D eigenvalue weighted by Gasteiger charge is -2.14. The number of hydrogen-bond donors (Lipinski definition) is 2. The number of nitrogens with one attached hydrogen (secondary N) is 1. The highest BCUT2D eigenvalue weighted by Crippen LogP contribution is 2.10. The summed E-state index contributed by atoms with van der Waals surface area (Å²) in [4.78, 5) is 35.0. The number of nitrogens with two attached hydrogens (primary N) is 1. The van der Waals surface area contributed by atoms with E-state index in [1.165, 1.54) is 16.7 Å². The summed E-state index contributed by atoms with van der Waals surface area (Å²) in [6, 6.07) is 5.79. The van der Waals surface area contributed by atoms with Crippen LogP contribution >= 0.6 is 11.3 Å². The Morgan fingerprint density at radius 2 is 2.00 bits per heavy atom. The van der Waals surface area contributed by atoms with Crippen LogP contribution in [0.4, 0.5) is 4.39 Å². The Hall–Kier alpha value is -2.48. The summed E-state index contributed by atoms with van der Waals surface area (Å²) in [5.41, 5.74) is 6.96. The molecule has 0 radical (unpaired) electrons. The van der Waals surface area contributed by atoms with Crippen molar-refractivity contribution in [1.29, 1.82) is 0 Å². The Kier molecular flexibility index (Phi) is 6.46. The van der Waals surface area contributed by atoms with Gasteiger partial charge in [0.15, 0.2) is 0 Å². The summed E-state index contributed by atoms with van der Waals surface area (Å²) in [7, 11) is 0. The van der Waals surface area contributed by atoms with E-state index in [1.54, 1.807) is 17.5 Å². The molecule has 8 heteroatoms. The second-order valence-electron chi connectivity index (χ2n) is 5.78. The van der Waals surface area contributed by atoms with Gasteiger partial charge >= 0.3 is 4.87 Å². The van der Waals surface area contributed by atoms with Gasteiger partial charge in [0.1, 0.15) is 5.82 Å². The molecule has 1 heterocycles. The molecule has 0 saturated carbocycles. The van der Waals surface area contributed by atoms with E-state index in [1.807, 2.05) is 6.92 Å². The van der Waals surface area contributed by atoms with Gasteiger partial charge in [-0.05, 0) is 31.0 Å². The molecule has 0 aliphatic carbocycles. The zero-order valence-electron chi connectivity index (χ0n) is 13.8. The third-order valence-electron chi connectivity index (χ3n) is 3.88. The first-order valence-electron chi connectivity index (χ1n) is 7.82. The molecule has 1 aromatic heterocycles. The minimum atomic E-state index is -0.583. The standard InChI is InChI=1S/C17H20FN3O3S/c1-11-10-25-17(24)21(11)7-6-15(22)20-9-13(16(19)23)8-12-2-4-14(18)5-3-12/h2-5,10,13H,6-9H2,1H3,(H2,19,23)(H,20,22). The molecule has 134 valence electrons. The van der Waals surface area contributed by atoms with E-state index < -0.39 is 11.8 Å². The summed E-state index contributed by atoms with van der Waals surface area (Å²) in [6.45, 7) is 2.20. The number of thiazole rings is 1. The van der Waals surface area contributed by atoms with Gasteiger partial charge in [-0.25, -0.2) is 4.39 Å². The van der Waals surface area contributed by atoms with Crippen molar-refractivity contribution in [2.75, 3.05) is 6.54 Å². The van der Waals surface area contributed by atoms with Crippen molar-refractivity contribution in [3.8, 4) is 0 Å². The van der Waals surface area contributed by atoms with Crippen LogP contribution in [0.3, 0.4) is 0 Å². The van der Waals surface area contributed by atoms with Gasteiger partial charge in [0.2, 0.25) is 11.8 Å². The van der Waals surface area contributed by atoms with Crippen molar-refractivity contribution in [1.82, 2.24) is 9.88 Å². The van der Waals surface area contributed by atoms with E-state index in [-0.39, 0.29) is 29.6 Å². The van der Waals surface area contributed by atoms with Gasteiger partial charge in [0.25, 0.3) is 0 Å². The summed E-state index contributed by atoms with van der Waals surface area (Å²) < 4.78 is 14.5. The van der Waals surface area contributed by atoms with Crippen molar-refractivity contribution < 1.29 is 14.0 Å². The maximum atomic E-state index is 12.9. The van der Waals surface area contributed by atoms with Gasteiger partial charge in [-0.15, -0.1) is 0 Å². The molecule has 3 N–H and O–H groups in total. The lowest BCUT2D eigenvalue weighted by Crippen LogP contribution is -2.37. The number of carbonyl (C=O) groups excluding carboxylic acids is 2. The highest BCUT2D eigenvalue weighted by Gasteiger charge is 2.17. The Bertz CT molecular complexity index is 798. The van der Waals surface area contributed by atoms with E-state index in [0.29, 0.717) is 13.0 Å². The molecule has 2 amide bonds.